The highest BCUT2D eigenvalue weighted by atomic mass is 16.6. The summed E-state index contributed by atoms with van der Waals surface area (Å²) in [4.78, 5) is 38.0. The molecule has 0 aliphatic heterocycles. The van der Waals surface area contributed by atoms with E-state index in [1.165, 1.54) is 167 Å². The second-order valence-corrected chi connectivity index (χ2v) is 18.2. The van der Waals surface area contributed by atoms with E-state index in [0.717, 1.165) is 83.5 Å². The van der Waals surface area contributed by atoms with E-state index >= 15 is 0 Å². The molecule has 0 aromatic carbocycles. The van der Waals surface area contributed by atoms with Crippen LogP contribution in [0.3, 0.4) is 0 Å². The minimum atomic E-state index is -0.772. The maximum absolute atomic E-state index is 12.8. The van der Waals surface area contributed by atoms with Gasteiger partial charge in [0.05, 0.1) is 0 Å². The molecule has 0 aliphatic rings. The summed E-state index contributed by atoms with van der Waals surface area (Å²) in [5.41, 5.74) is 0. The van der Waals surface area contributed by atoms with E-state index in [9.17, 15) is 14.4 Å². The van der Waals surface area contributed by atoms with Gasteiger partial charge >= 0.3 is 17.9 Å². The van der Waals surface area contributed by atoms with Crippen LogP contribution in [-0.2, 0) is 28.6 Å². The number of esters is 3. The Morgan fingerprint density at radius 3 is 0.951 bits per heavy atom. The molecule has 6 heteroatoms. The van der Waals surface area contributed by atoms with Crippen molar-refractivity contribution in [1.29, 1.82) is 0 Å². The van der Waals surface area contributed by atoms with E-state index in [1.54, 1.807) is 0 Å². The summed E-state index contributed by atoms with van der Waals surface area (Å²) in [5.74, 6) is -0.869. The molecule has 0 aromatic rings. The highest BCUT2D eigenvalue weighted by Crippen LogP contribution is 2.16. The van der Waals surface area contributed by atoms with Crippen LogP contribution in [0.1, 0.15) is 290 Å². The van der Waals surface area contributed by atoms with E-state index in [4.69, 9.17) is 14.2 Å². The van der Waals surface area contributed by atoms with Crippen LogP contribution < -0.4 is 0 Å². The Morgan fingerprint density at radius 1 is 0.328 bits per heavy atom. The molecule has 1 atom stereocenters. The summed E-state index contributed by atoms with van der Waals surface area (Å²) >= 11 is 0. The van der Waals surface area contributed by atoms with Crippen molar-refractivity contribution >= 4 is 17.9 Å². The molecule has 6 nitrogen and oxygen atoms in total. The summed E-state index contributed by atoms with van der Waals surface area (Å²) in [6.07, 6.45) is 57.3. The Labute approximate surface area is 379 Å². The van der Waals surface area contributed by atoms with E-state index in [0.29, 0.717) is 19.3 Å². The number of ether oxygens (including phenoxy) is 3. The molecule has 0 N–H and O–H groups in total. The summed E-state index contributed by atoms with van der Waals surface area (Å²) in [7, 11) is 0. The van der Waals surface area contributed by atoms with Crippen molar-refractivity contribution in [3.05, 3.63) is 24.3 Å². The molecule has 0 fully saturated rings. The fraction of sp³-hybridized carbons (Fsp3) is 0.873. The number of carbonyl (C=O) groups is 3. The first-order chi connectivity index (χ1) is 30.0. The molecule has 0 saturated carbocycles. The summed E-state index contributed by atoms with van der Waals surface area (Å²) in [6.45, 7) is 6.62. The van der Waals surface area contributed by atoms with Crippen LogP contribution >= 0.6 is 0 Å². The largest absolute Gasteiger partial charge is 0.462 e. The Hall–Kier alpha value is -2.11. The van der Waals surface area contributed by atoms with E-state index in [-0.39, 0.29) is 31.1 Å². The molecule has 0 radical (unpaired) electrons. The lowest BCUT2D eigenvalue weighted by Gasteiger charge is -2.18. The fourth-order valence-corrected chi connectivity index (χ4v) is 7.87. The van der Waals surface area contributed by atoms with Gasteiger partial charge in [-0.05, 0) is 44.9 Å². The van der Waals surface area contributed by atoms with Crippen molar-refractivity contribution in [3.8, 4) is 0 Å². The summed E-state index contributed by atoms with van der Waals surface area (Å²) < 4.78 is 16.8. The number of rotatable bonds is 49. The second kappa shape index (κ2) is 50.5. The molecule has 61 heavy (non-hydrogen) atoms. The monoisotopic (exact) mass is 859 g/mol. The quantitative estimate of drug-likeness (QED) is 0.0262. The normalized spacial score (nSPS) is 12.1. The molecule has 0 rings (SSSR count). The predicted octanol–water partition coefficient (Wildman–Crippen LogP) is 17.5. The summed E-state index contributed by atoms with van der Waals surface area (Å²) in [6, 6.07) is 0. The summed E-state index contributed by atoms with van der Waals surface area (Å²) in [5, 5.41) is 0. The van der Waals surface area contributed by atoms with Gasteiger partial charge in [-0.3, -0.25) is 14.4 Å². The molecule has 358 valence electrons. The van der Waals surface area contributed by atoms with Crippen LogP contribution in [0.15, 0.2) is 24.3 Å². The average molecular weight is 859 g/mol. The number of allylic oxidation sites excluding steroid dienone is 4. The lowest BCUT2D eigenvalue weighted by atomic mass is 10.0. The van der Waals surface area contributed by atoms with Crippen molar-refractivity contribution in [3.63, 3.8) is 0 Å². The lowest BCUT2D eigenvalue weighted by Crippen LogP contribution is -2.30. The molecule has 0 amide bonds. The van der Waals surface area contributed by atoms with Crippen LogP contribution in [-0.4, -0.2) is 37.2 Å². The van der Waals surface area contributed by atoms with Crippen molar-refractivity contribution in [1.82, 2.24) is 0 Å². The molecule has 0 bridgehead atoms. The van der Waals surface area contributed by atoms with Gasteiger partial charge < -0.3 is 14.2 Å². The maximum atomic E-state index is 12.8. The maximum Gasteiger partial charge on any atom is 0.306 e. The Morgan fingerprint density at radius 2 is 0.607 bits per heavy atom. The van der Waals surface area contributed by atoms with Gasteiger partial charge in [-0.25, -0.2) is 0 Å². The van der Waals surface area contributed by atoms with Gasteiger partial charge in [0.25, 0.3) is 0 Å². The molecule has 0 spiro atoms. The van der Waals surface area contributed by atoms with Crippen molar-refractivity contribution in [2.45, 2.75) is 297 Å². The van der Waals surface area contributed by atoms with Crippen molar-refractivity contribution in [2.75, 3.05) is 13.2 Å². The van der Waals surface area contributed by atoms with Gasteiger partial charge in [0.2, 0.25) is 0 Å². The fourth-order valence-electron chi connectivity index (χ4n) is 7.87. The van der Waals surface area contributed by atoms with Crippen LogP contribution in [0, 0.1) is 0 Å². The second-order valence-electron chi connectivity index (χ2n) is 18.2. The van der Waals surface area contributed by atoms with Crippen molar-refractivity contribution < 1.29 is 28.6 Å². The zero-order valence-corrected chi connectivity index (χ0v) is 40.9. The van der Waals surface area contributed by atoms with Gasteiger partial charge in [-0.2, -0.15) is 0 Å². The third-order valence-electron chi connectivity index (χ3n) is 12.0. The smallest absolute Gasteiger partial charge is 0.306 e. The first-order valence-corrected chi connectivity index (χ1v) is 26.8. The van der Waals surface area contributed by atoms with Crippen LogP contribution in [0.2, 0.25) is 0 Å². The Balaban J connectivity index is 4.35. The minimum Gasteiger partial charge on any atom is -0.462 e. The number of carbonyl (C=O) groups excluding carboxylic acids is 3. The predicted molar refractivity (Wildman–Crippen MR) is 261 cm³/mol. The molecule has 1 unspecified atom stereocenters. The van der Waals surface area contributed by atoms with Gasteiger partial charge in [-0.15, -0.1) is 0 Å². The molecule has 0 aliphatic carbocycles. The highest BCUT2D eigenvalue weighted by Gasteiger charge is 2.19. The number of hydrogen-bond donors (Lipinski definition) is 0. The molecule has 0 aromatic heterocycles. The third-order valence-corrected chi connectivity index (χ3v) is 12.0. The number of hydrogen-bond acceptors (Lipinski definition) is 6. The zero-order valence-electron chi connectivity index (χ0n) is 40.9. The molecule has 0 heterocycles. The van der Waals surface area contributed by atoms with Gasteiger partial charge in [0, 0.05) is 19.3 Å². The van der Waals surface area contributed by atoms with E-state index < -0.39 is 6.10 Å². The van der Waals surface area contributed by atoms with E-state index in [1.807, 2.05) is 0 Å². The van der Waals surface area contributed by atoms with Gasteiger partial charge in [-0.1, -0.05) is 251 Å². The topological polar surface area (TPSA) is 78.9 Å². The first kappa shape index (κ1) is 58.9. The standard InChI is InChI=1S/C55H102O6/c1-4-7-10-13-16-19-22-25-28-31-33-36-39-42-45-48-54(57)60-51-52(61-55(58)49-46-43-40-37-34-30-27-24-21-18-15-12-9-6-3)50-59-53(56)47-44-41-38-35-32-29-26-23-20-17-14-11-8-5-2/h15,18,24,27,52H,4-14,16-17,19-23,25-26,28-51H2,1-3H3/b18-15-,27-24-. The van der Waals surface area contributed by atoms with Gasteiger partial charge in [0.15, 0.2) is 6.10 Å². The molecular formula is C55H102O6. The SMILES string of the molecule is CCCC/C=C\C/C=C\CCCCCCCC(=O)OC(COC(=O)CCCCCCCCCCCCCCCC)COC(=O)CCCCCCCCCCCCCCCCC. The Kier molecular flexibility index (Phi) is 48.8. The number of unbranched alkanes of at least 4 members (excludes halogenated alkanes) is 34. The zero-order chi connectivity index (χ0) is 44.4. The van der Waals surface area contributed by atoms with Crippen LogP contribution in [0.25, 0.3) is 0 Å². The van der Waals surface area contributed by atoms with Gasteiger partial charge in [0.1, 0.15) is 13.2 Å². The first-order valence-electron chi connectivity index (χ1n) is 26.8. The minimum absolute atomic E-state index is 0.0719. The van der Waals surface area contributed by atoms with Crippen LogP contribution in [0.5, 0.6) is 0 Å². The average Bonchev–Trinajstić information content (AvgIpc) is 3.26. The third kappa shape index (κ3) is 48.8. The van der Waals surface area contributed by atoms with Crippen molar-refractivity contribution in [2.24, 2.45) is 0 Å². The van der Waals surface area contributed by atoms with Crippen LogP contribution in [0.4, 0.5) is 0 Å². The lowest BCUT2D eigenvalue weighted by molar-refractivity contribution is -0.167. The molecular weight excluding hydrogens is 757 g/mol. The Bertz CT molecular complexity index is 989. The molecule has 0 saturated heterocycles. The highest BCUT2D eigenvalue weighted by molar-refractivity contribution is 5.71. The van der Waals surface area contributed by atoms with E-state index in [2.05, 4.69) is 45.1 Å².